The number of benzene rings is 2. The van der Waals surface area contributed by atoms with Gasteiger partial charge in [-0.1, -0.05) is 30.3 Å². The molecule has 0 bridgehead atoms. The van der Waals surface area contributed by atoms with Crippen molar-refractivity contribution < 1.29 is 14.3 Å². The van der Waals surface area contributed by atoms with Gasteiger partial charge in [0.25, 0.3) is 0 Å². The van der Waals surface area contributed by atoms with Gasteiger partial charge in [-0.15, -0.1) is 11.3 Å². The number of ether oxygens (including phenoxy) is 1. The van der Waals surface area contributed by atoms with Gasteiger partial charge >= 0.3 is 5.97 Å². The topological polar surface area (TPSA) is 71.9 Å². The number of anilines is 2. The Balaban J connectivity index is 1.68. The van der Waals surface area contributed by atoms with Crippen molar-refractivity contribution in [3.05, 3.63) is 80.4 Å². The number of esters is 1. The van der Waals surface area contributed by atoms with Gasteiger partial charge in [-0.2, -0.15) is 0 Å². The van der Waals surface area contributed by atoms with E-state index in [9.17, 15) is 9.59 Å². The average Bonchev–Trinajstić information content (AvgIpc) is 3.32. The molecule has 0 N–H and O–H groups in total. The summed E-state index contributed by atoms with van der Waals surface area (Å²) in [4.78, 5) is 35.3. The summed E-state index contributed by atoms with van der Waals surface area (Å²) < 4.78 is 6.11. The maximum atomic E-state index is 12.5. The molecular formula is C23H18BrN3O3S. The third-order valence-corrected chi connectivity index (χ3v) is 6.22. The van der Waals surface area contributed by atoms with Crippen LogP contribution in [0.25, 0.3) is 6.08 Å². The number of rotatable bonds is 4. The molecule has 2 heterocycles. The monoisotopic (exact) mass is 495 g/mol. The van der Waals surface area contributed by atoms with E-state index in [1.54, 1.807) is 16.4 Å². The number of hydrogen-bond donors (Lipinski definition) is 0. The highest BCUT2D eigenvalue weighted by atomic mass is 79.9. The molecule has 0 saturated heterocycles. The molecule has 1 aromatic heterocycles. The summed E-state index contributed by atoms with van der Waals surface area (Å²) in [6.07, 6.45) is 1.56. The molecule has 0 fully saturated rings. The van der Waals surface area contributed by atoms with Crippen LogP contribution in [0.2, 0.25) is 0 Å². The highest BCUT2D eigenvalue weighted by Crippen LogP contribution is 2.34. The highest BCUT2D eigenvalue weighted by Gasteiger charge is 2.26. The number of cyclic esters (lactones) is 1. The minimum atomic E-state index is -0.543. The van der Waals surface area contributed by atoms with E-state index in [2.05, 4.69) is 25.9 Å². The number of aromatic nitrogens is 1. The zero-order chi connectivity index (χ0) is 22.1. The van der Waals surface area contributed by atoms with Crippen molar-refractivity contribution in [2.45, 2.75) is 20.8 Å². The molecule has 31 heavy (non-hydrogen) atoms. The largest absolute Gasteiger partial charge is 0.402 e. The number of aryl methyl sites for hydroxylation is 2. The van der Waals surface area contributed by atoms with Crippen LogP contribution in [-0.2, 0) is 14.3 Å². The first-order chi connectivity index (χ1) is 14.8. The fourth-order valence-electron chi connectivity index (χ4n) is 3.29. The van der Waals surface area contributed by atoms with E-state index in [-0.39, 0.29) is 17.5 Å². The molecule has 0 atom stereocenters. The van der Waals surface area contributed by atoms with Crippen LogP contribution in [-0.4, -0.2) is 22.8 Å². The van der Waals surface area contributed by atoms with E-state index in [1.165, 1.54) is 18.3 Å². The minimum absolute atomic E-state index is 0.138. The van der Waals surface area contributed by atoms with Crippen LogP contribution >= 0.6 is 27.3 Å². The lowest BCUT2D eigenvalue weighted by atomic mass is 10.1. The van der Waals surface area contributed by atoms with E-state index in [1.807, 2.05) is 56.3 Å². The van der Waals surface area contributed by atoms with Crippen LogP contribution in [0.5, 0.6) is 0 Å². The molecule has 156 valence electrons. The Kier molecular flexibility index (Phi) is 5.84. The molecule has 0 spiro atoms. The lowest BCUT2D eigenvalue weighted by Crippen LogP contribution is -2.24. The molecule has 0 aliphatic carbocycles. The van der Waals surface area contributed by atoms with Gasteiger partial charge in [0.05, 0.1) is 16.9 Å². The number of nitrogens with zero attached hydrogens (tertiary/aromatic N) is 3. The number of aliphatic imine (C=N–C) groups is 1. The predicted molar refractivity (Wildman–Crippen MR) is 126 cm³/mol. The van der Waals surface area contributed by atoms with Crippen LogP contribution in [0.1, 0.15) is 29.3 Å². The molecule has 1 aliphatic heterocycles. The third kappa shape index (κ3) is 4.22. The van der Waals surface area contributed by atoms with Gasteiger partial charge in [-0.25, -0.2) is 14.8 Å². The van der Waals surface area contributed by atoms with Crippen LogP contribution in [0.3, 0.4) is 0 Å². The zero-order valence-corrected chi connectivity index (χ0v) is 19.5. The fraction of sp³-hybridized carbons (Fsp3) is 0.130. The molecule has 4 rings (SSSR count). The van der Waals surface area contributed by atoms with Crippen molar-refractivity contribution in [2.75, 3.05) is 4.90 Å². The summed E-state index contributed by atoms with van der Waals surface area (Å²) in [5, 5.41) is 2.31. The Labute approximate surface area is 192 Å². The fourth-order valence-corrected chi connectivity index (χ4v) is 4.58. The Hall–Kier alpha value is -3.10. The number of carbonyl (C=O) groups is 2. The maximum absolute atomic E-state index is 12.5. The summed E-state index contributed by atoms with van der Waals surface area (Å²) in [5.41, 5.74) is 4.15. The minimum Gasteiger partial charge on any atom is -0.402 e. The van der Waals surface area contributed by atoms with Crippen LogP contribution in [0.4, 0.5) is 10.8 Å². The van der Waals surface area contributed by atoms with Gasteiger partial charge in [0.1, 0.15) is 0 Å². The van der Waals surface area contributed by atoms with Crippen molar-refractivity contribution >= 4 is 61.9 Å². The summed E-state index contributed by atoms with van der Waals surface area (Å²) in [6.45, 7) is 5.43. The van der Waals surface area contributed by atoms with Gasteiger partial charge in [-0.3, -0.25) is 9.69 Å². The lowest BCUT2D eigenvalue weighted by Gasteiger charge is -2.22. The second-order valence-corrected chi connectivity index (χ2v) is 8.66. The van der Waals surface area contributed by atoms with Crippen molar-refractivity contribution in [3.8, 4) is 0 Å². The molecule has 3 aromatic rings. The van der Waals surface area contributed by atoms with Crippen LogP contribution in [0.15, 0.2) is 63.0 Å². The van der Waals surface area contributed by atoms with Gasteiger partial charge in [0, 0.05) is 16.8 Å². The predicted octanol–water partition coefficient (Wildman–Crippen LogP) is 5.55. The third-order valence-electron chi connectivity index (χ3n) is 4.69. The normalized spacial score (nSPS) is 14.5. The Bertz CT molecular complexity index is 1240. The number of thiazole rings is 1. The van der Waals surface area contributed by atoms with E-state index in [4.69, 9.17) is 4.74 Å². The average molecular weight is 496 g/mol. The first-order valence-electron chi connectivity index (χ1n) is 9.45. The van der Waals surface area contributed by atoms with E-state index in [0.29, 0.717) is 16.4 Å². The number of amides is 1. The molecule has 2 aromatic carbocycles. The number of hydrogen-bond acceptors (Lipinski definition) is 6. The molecule has 0 radical (unpaired) electrons. The number of halogens is 1. The van der Waals surface area contributed by atoms with E-state index in [0.717, 1.165) is 21.3 Å². The van der Waals surface area contributed by atoms with Crippen molar-refractivity contribution in [1.82, 2.24) is 4.98 Å². The summed E-state index contributed by atoms with van der Waals surface area (Å²) >= 11 is 4.76. The van der Waals surface area contributed by atoms with Gasteiger partial charge in [0.15, 0.2) is 10.8 Å². The van der Waals surface area contributed by atoms with Crippen molar-refractivity contribution in [2.24, 2.45) is 4.99 Å². The van der Waals surface area contributed by atoms with Gasteiger partial charge in [0.2, 0.25) is 11.8 Å². The van der Waals surface area contributed by atoms with Crippen LogP contribution < -0.4 is 4.90 Å². The van der Waals surface area contributed by atoms with E-state index < -0.39 is 5.97 Å². The summed E-state index contributed by atoms with van der Waals surface area (Å²) in [7, 11) is 0. The number of para-hydroxylation sites is 1. The Morgan fingerprint density at radius 2 is 1.84 bits per heavy atom. The maximum Gasteiger partial charge on any atom is 0.363 e. The first-order valence-corrected chi connectivity index (χ1v) is 11.1. The highest BCUT2D eigenvalue weighted by molar-refractivity contribution is 9.10. The van der Waals surface area contributed by atoms with Crippen molar-refractivity contribution in [1.29, 1.82) is 0 Å². The molecule has 1 aliphatic rings. The SMILES string of the molecule is CC(=O)N(c1nc(/C=C2/N=C(c3ccccc3Br)OC2=O)cs1)c1c(C)cccc1C. The summed E-state index contributed by atoms with van der Waals surface area (Å²) in [5.74, 6) is -0.445. The molecule has 1 amide bonds. The smallest absolute Gasteiger partial charge is 0.363 e. The molecule has 0 saturated carbocycles. The molecule has 6 nitrogen and oxygen atoms in total. The molecule has 8 heteroatoms. The molecular weight excluding hydrogens is 478 g/mol. The van der Waals surface area contributed by atoms with Crippen LogP contribution in [0, 0.1) is 13.8 Å². The zero-order valence-electron chi connectivity index (χ0n) is 17.0. The van der Waals surface area contributed by atoms with Gasteiger partial charge < -0.3 is 4.74 Å². The number of carbonyl (C=O) groups excluding carboxylic acids is 2. The summed E-state index contributed by atoms with van der Waals surface area (Å²) in [6, 6.07) is 13.3. The molecule has 0 unspecified atom stereocenters. The van der Waals surface area contributed by atoms with E-state index >= 15 is 0 Å². The van der Waals surface area contributed by atoms with Gasteiger partial charge in [-0.05, 0) is 59.1 Å². The van der Waals surface area contributed by atoms with Crippen molar-refractivity contribution in [3.63, 3.8) is 0 Å². The second-order valence-electron chi connectivity index (χ2n) is 6.97. The standard InChI is InChI=1S/C23H18BrN3O3S/c1-13-7-6-8-14(2)20(13)27(15(3)28)23-25-16(12-31-23)11-19-22(29)30-21(26-19)17-9-4-5-10-18(17)24/h4-12H,1-3H3/b19-11+. The quantitative estimate of drug-likeness (QED) is 0.351. The second kappa shape index (κ2) is 8.56. The Morgan fingerprint density at radius 1 is 1.13 bits per heavy atom. The first kappa shape index (κ1) is 21.1. The Morgan fingerprint density at radius 3 is 2.52 bits per heavy atom. The lowest BCUT2D eigenvalue weighted by molar-refractivity contribution is -0.130.